The Hall–Kier alpha value is 0.243. The summed E-state index contributed by atoms with van der Waals surface area (Å²) in [6, 6.07) is 0. The molecule has 1 rings (SSSR count). The van der Waals surface area contributed by atoms with E-state index in [1.54, 1.807) is 48.8 Å². The molecule has 0 bridgehead atoms. The monoisotopic (exact) mass is 318 g/mol. The quantitative estimate of drug-likeness (QED) is 0.643. The Bertz CT molecular complexity index is 200. The minimum Gasteiger partial charge on any atom is -0.855 e. The third-order valence-electron chi connectivity index (χ3n) is 1.66. The number of hydrogen-bond donors (Lipinski definition) is 0. The molecule has 0 saturated carbocycles. The van der Waals surface area contributed by atoms with E-state index in [0.717, 1.165) is 0 Å². The van der Waals surface area contributed by atoms with Crippen LogP contribution in [-0.2, 0) is 24.7 Å². The van der Waals surface area contributed by atoms with Gasteiger partial charge in [0.25, 0.3) is 0 Å². The molecule has 0 heterocycles. The molecule has 0 aromatic rings. The molecule has 3 nitrogen and oxygen atoms in total. The van der Waals surface area contributed by atoms with Gasteiger partial charge < -0.3 is 15.3 Å². The Morgan fingerprint density at radius 2 is 1.29 bits per heavy atom. The maximum Gasteiger partial charge on any atom is -0.0809 e. The van der Waals surface area contributed by atoms with Crippen LogP contribution in [0.15, 0.2) is 20.5 Å². The Morgan fingerprint density at radius 1 is 1.00 bits per heavy atom. The molecule has 0 radical (unpaired) electrons. The minimum atomic E-state index is 0. The fourth-order valence-corrected chi connectivity index (χ4v) is 1.53. The van der Waals surface area contributed by atoms with E-state index in [-0.39, 0.29) is 19.8 Å². The predicted molar refractivity (Wildman–Crippen MR) is 62.7 cm³/mol. The molecule has 0 aliphatic heterocycles. The molecule has 0 aromatic carbocycles. The van der Waals surface area contributed by atoms with Crippen LogP contribution in [0.1, 0.15) is 41.0 Å². The van der Waals surface area contributed by atoms with Gasteiger partial charge in [0.2, 0.25) is 0 Å². The molecule has 0 saturated heterocycles. The summed E-state index contributed by atoms with van der Waals surface area (Å²) in [5.74, 6) is 0. The normalized spacial score (nSPS) is 12.5. The minimum absolute atomic E-state index is 0. The van der Waals surface area contributed by atoms with Crippen LogP contribution in [0.5, 0.6) is 0 Å². The van der Waals surface area contributed by atoms with Gasteiger partial charge in [-0.25, -0.2) is 0 Å². The van der Waals surface area contributed by atoms with Gasteiger partial charge in [-0.1, -0.05) is 20.8 Å². The molecule has 0 fully saturated rings. The van der Waals surface area contributed by atoms with Gasteiger partial charge >= 0.3 is 65.5 Å². The van der Waals surface area contributed by atoms with Crippen LogP contribution >= 0.6 is 0 Å². The van der Waals surface area contributed by atoms with Crippen LogP contribution in [0, 0.1) is 0 Å². The van der Waals surface area contributed by atoms with Gasteiger partial charge in [0, 0.05) is 0 Å². The van der Waals surface area contributed by atoms with Crippen LogP contribution in [0.25, 0.3) is 0 Å². The van der Waals surface area contributed by atoms with E-state index in [0.29, 0.717) is 0 Å². The van der Waals surface area contributed by atoms with Crippen molar-refractivity contribution in [1.82, 2.24) is 0 Å². The maximum atomic E-state index is 8.93. The SMILES string of the molecule is CC1=CC[C]([Zr+3])=C1C.CC[O-].CC[O-].CC[O-]. The van der Waals surface area contributed by atoms with Crippen LogP contribution < -0.4 is 15.3 Å². The molecule has 0 spiro atoms. The zero-order valence-electron chi connectivity index (χ0n) is 11.6. The summed E-state index contributed by atoms with van der Waals surface area (Å²) in [6.45, 7) is 9.11. The number of hydrogen-bond acceptors (Lipinski definition) is 3. The van der Waals surface area contributed by atoms with Crippen LogP contribution in [0.4, 0.5) is 0 Å². The Morgan fingerprint density at radius 3 is 1.35 bits per heavy atom. The summed E-state index contributed by atoms with van der Waals surface area (Å²) >= 11 is 1.58. The molecule has 0 atom stereocenters. The molecule has 4 heteroatoms. The van der Waals surface area contributed by atoms with Gasteiger partial charge in [0.05, 0.1) is 0 Å². The van der Waals surface area contributed by atoms with Crippen molar-refractivity contribution in [3.63, 3.8) is 0 Å². The summed E-state index contributed by atoms with van der Waals surface area (Å²) in [4.78, 5) is 0. The molecule has 0 amide bonds. The molecule has 0 aromatic heterocycles. The number of allylic oxidation sites excluding steroid dienone is 4. The van der Waals surface area contributed by atoms with Gasteiger partial charge in [-0.15, -0.1) is 19.8 Å². The third-order valence-corrected chi connectivity index (χ3v) is 3.08. The van der Waals surface area contributed by atoms with Crippen LogP contribution in [0.2, 0.25) is 0 Å². The van der Waals surface area contributed by atoms with E-state index in [2.05, 4.69) is 19.9 Å². The molecular formula is C13H24O3Zr. The van der Waals surface area contributed by atoms with Crippen molar-refractivity contribution in [2.45, 2.75) is 41.0 Å². The van der Waals surface area contributed by atoms with Crippen LogP contribution in [-0.4, -0.2) is 19.8 Å². The van der Waals surface area contributed by atoms with E-state index < -0.39 is 0 Å². The second kappa shape index (κ2) is 18.6. The fourth-order valence-electron chi connectivity index (χ4n) is 0.799. The van der Waals surface area contributed by atoms with Crippen LogP contribution in [0.3, 0.4) is 0 Å². The second-order valence-corrected chi connectivity index (χ2v) is 4.54. The summed E-state index contributed by atoms with van der Waals surface area (Å²) in [7, 11) is 0. The Labute approximate surface area is 121 Å². The topological polar surface area (TPSA) is 69.2 Å². The van der Waals surface area contributed by atoms with E-state index in [1.807, 2.05) is 0 Å². The smallest absolute Gasteiger partial charge is 0.0809 e. The maximum absolute atomic E-state index is 8.93. The third kappa shape index (κ3) is 18.8. The molecule has 1 aliphatic carbocycles. The largest absolute Gasteiger partial charge is 0.855 e. The summed E-state index contributed by atoms with van der Waals surface area (Å²) in [5.41, 5.74) is 3.01. The first-order valence-corrected chi connectivity index (χ1v) is 7.02. The predicted octanol–water partition coefficient (Wildman–Crippen LogP) is 0.257. The zero-order chi connectivity index (χ0) is 14.3. The zero-order valence-corrected chi connectivity index (χ0v) is 14.1. The second-order valence-electron chi connectivity index (χ2n) is 3.06. The Balaban J connectivity index is -0.000000184. The molecule has 1 aliphatic rings. The van der Waals surface area contributed by atoms with E-state index in [9.17, 15) is 0 Å². The van der Waals surface area contributed by atoms with Crippen molar-refractivity contribution in [3.05, 3.63) is 20.5 Å². The van der Waals surface area contributed by atoms with E-state index >= 15 is 0 Å². The first kappa shape index (κ1) is 22.4. The first-order chi connectivity index (χ1) is 7.96. The van der Waals surface area contributed by atoms with Gasteiger partial charge in [-0.05, 0) is 0 Å². The van der Waals surface area contributed by atoms with Crippen molar-refractivity contribution in [3.8, 4) is 0 Å². The number of rotatable bonds is 0. The summed E-state index contributed by atoms with van der Waals surface area (Å²) < 4.78 is 1.62. The van der Waals surface area contributed by atoms with Crippen molar-refractivity contribution in [2.75, 3.05) is 19.8 Å². The van der Waals surface area contributed by atoms with Gasteiger partial charge in [0.1, 0.15) is 0 Å². The van der Waals surface area contributed by atoms with Crippen molar-refractivity contribution >= 4 is 0 Å². The molecule has 98 valence electrons. The summed E-state index contributed by atoms with van der Waals surface area (Å²) in [5, 5.41) is 26.8. The molecule has 0 unspecified atom stereocenters. The fraction of sp³-hybridized carbons (Fsp3) is 0.692. The van der Waals surface area contributed by atoms with Gasteiger partial charge in [0.15, 0.2) is 0 Å². The van der Waals surface area contributed by atoms with E-state index in [4.69, 9.17) is 15.3 Å². The Kier molecular flexibility index (Phi) is 24.5. The first-order valence-electron chi connectivity index (χ1n) is 5.79. The average molecular weight is 320 g/mol. The van der Waals surface area contributed by atoms with Gasteiger partial charge in [-0.2, -0.15) is 0 Å². The standard InChI is InChI=1S/C7H9.3C2H5O.Zr/c1-6-4-3-5-7(6)2;3*1-2-3;/h4H,3H2,1-2H3;3*2H2,1H3;/q;3*-1;+3. The van der Waals surface area contributed by atoms with E-state index in [1.165, 1.54) is 17.6 Å². The van der Waals surface area contributed by atoms with Crippen molar-refractivity contribution in [2.24, 2.45) is 0 Å². The van der Waals surface area contributed by atoms with Crippen molar-refractivity contribution in [1.29, 1.82) is 0 Å². The molecular weight excluding hydrogens is 295 g/mol. The van der Waals surface area contributed by atoms with Gasteiger partial charge in [-0.3, -0.25) is 0 Å². The van der Waals surface area contributed by atoms with Crippen molar-refractivity contribution < 1.29 is 40.0 Å². The molecule has 17 heavy (non-hydrogen) atoms. The summed E-state index contributed by atoms with van der Waals surface area (Å²) in [6.07, 6.45) is 3.52. The average Bonchev–Trinajstić information content (AvgIpc) is 2.53. The molecule has 0 N–H and O–H groups in total.